The zero-order valence-corrected chi connectivity index (χ0v) is 16.1. The van der Waals surface area contributed by atoms with Crippen LogP contribution in [0.4, 0.5) is 0 Å². The summed E-state index contributed by atoms with van der Waals surface area (Å²) in [6.45, 7) is 0.544. The first-order valence-corrected chi connectivity index (χ1v) is 10.7. The van der Waals surface area contributed by atoms with Crippen molar-refractivity contribution in [2.45, 2.75) is 63.1 Å². The van der Waals surface area contributed by atoms with Crippen LogP contribution in [-0.4, -0.2) is 35.1 Å². The van der Waals surface area contributed by atoms with Gasteiger partial charge in [-0.15, -0.1) is 0 Å². The second-order valence-electron chi connectivity index (χ2n) is 9.76. The van der Waals surface area contributed by atoms with Gasteiger partial charge in [0.1, 0.15) is 0 Å². The molecule has 1 atom stereocenters. The Hall–Kier alpha value is -2.08. The molecule has 0 spiro atoms. The highest BCUT2D eigenvalue weighted by Gasteiger charge is 2.56. The fourth-order valence-corrected chi connectivity index (χ4v) is 7.04. The summed E-state index contributed by atoms with van der Waals surface area (Å²) in [5.74, 6) is 3.88. The normalized spacial score (nSPS) is 37.9. The molecule has 0 aromatic heterocycles. The lowest BCUT2D eigenvalue weighted by Gasteiger charge is -2.55. The summed E-state index contributed by atoms with van der Waals surface area (Å²) >= 11 is 0. The number of quaternary nitrogens is 1. The minimum Gasteiger partial charge on any atom is -0.454 e. The number of benzene rings is 1. The predicted octanol–water partition coefficient (Wildman–Crippen LogP) is 1.57. The number of imide groups is 1. The summed E-state index contributed by atoms with van der Waals surface area (Å²) in [5, 5.41) is 2.32. The van der Waals surface area contributed by atoms with Gasteiger partial charge in [-0.2, -0.15) is 0 Å². The fraction of sp³-hybridized carbons (Fsp3) is 0.636. The zero-order chi connectivity index (χ0) is 18.9. The first-order chi connectivity index (χ1) is 13.6. The average molecular weight is 383 g/mol. The van der Waals surface area contributed by atoms with Crippen LogP contribution in [0.25, 0.3) is 0 Å². The molecule has 2 aliphatic heterocycles. The molecule has 2 heterocycles. The van der Waals surface area contributed by atoms with Crippen molar-refractivity contribution in [2.24, 2.45) is 17.8 Å². The Balaban J connectivity index is 1.17. The van der Waals surface area contributed by atoms with Crippen LogP contribution < -0.4 is 14.8 Å². The Morgan fingerprint density at radius 3 is 2.39 bits per heavy atom. The molecule has 2 N–H and O–H groups in total. The SMILES string of the molecule is O=C1C[C@@H]([NH2+]C23CC4CC(CC(C4)C2)C3)C(=O)N1Cc1ccc2c(c1)OCO2. The van der Waals surface area contributed by atoms with Gasteiger partial charge in [0.15, 0.2) is 17.5 Å². The summed E-state index contributed by atoms with van der Waals surface area (Å²) < 4.78 is 10.8. The average Bonchev–Trinajstić information content (AvgIpc) is 3.20. The van der Waals surface area contributed by atoms with E-state index in [1.54, 1.807) is 0 Å². The van der Waals surface area contributed by atoms with Crippen molar-refractivity contribution < 1.29 is 24.4 Å². The summed E-state index contributed by atoms with van der Waals surface area (Å²) in [6, 6.07) is 5.39. The number of ether oxygens (including phenoxy) is 2. The molecule has 1 aromatic rings. The van der Waals surface area contributed by atoms with Crippen LogP contribution in [0.3, 0.4) is 0 Å². The zero-order valence-electron chi connectivity index (χ0n) is 16.1. The monoisotopic (exact) mass is 383 g/mol. The number of carbonyl (C=O) groups is 2. The van der Waals surface area contributed by atoms with Crippen LogP contribution in [0.5, 0.6) is 11.5 Å². The number of hydrogen-bond donors (Lipinski definition) is 1. The molecule has 1 aromatic carbocycles. The Morgan fingerprint density at radius 1 is 1.00 bits per heavy atom. The van der Waals surface area contributed by atoms with E-state index in [1.807, 2.05) is 18.2 Å². The lowest BCUT2D eigenvalue weighted by molar-refractivity contribution is -0.755. The summed E-state index contributed by atoms with van der Waals surface area (Å²) in [5.41, 5.74) is 1.12. The molecule has 2 amide bonds. The maximum Gasteiger partial charge on any atom is 0.288 e. The molecular weight excluding hydrogens is 356 g/mol. The predicted molar refractivity (Wildman–Crippen MR) is 99.4 cm³/mol. The smallest absolute Gasteiger partial charge is 0.288 e. The van der Waals surface area contributed by atoms with Crippen LogP contribution in [0.1, 0.15) is 50.5 Å². The standard InChI is InChI=1S/C22H26N2O4/c25-20-7-17(23-22-8-14-3-15(9-22)5-16(4-14)10-22)21(26)24(20)11-13-1-2-18-19(6-13)28-12-27-18/h1-2,6,14-17,23H,3-5,7-12H2/p+1/t14?,15?,16?,17-,22?/m1/s1. The molecule has 7 rings (SSSR count). The highest BCUT2D eigenvalue weighted by Crippen LogP contribution is 2.54. The van der Waals surface area contributed by atoms with Crippen LogP contribution in [-0.2, 0) is 16.1 Å². The Bertz CT molecular complexity index is 816. The Kier molecular flexibility index (Phi) is 3.58. The second kappa shape index (κ2) is 5.96. The highest BCUT2D eigenvalue weighted by atomic mass is 16.7. The van der Waals surface area contributed by atoms with Gasteiger partial charge in [-0.25, -0.2) is 0 Å². The fourth-order valence-electron chi connectivity index (χ4n) is 7.04. The highest BCUT2D eigenvalue weighted by molar-refractivity contribution is 6.04. The van der Waals surface area contributed by atoms with E-state index in [9.17, 15) is 9.59 Å². The minimum atomic E-state index is -0.238. The summed E-state index contributed by atoms with van der Waals surface area (Å²) in [7, 11) is 0. The Morgan fingerprint density at radius 2 is 1.68 bits per heavy atom. The van der Waals surface area contributed by atoms with Crippen molar-refractivity contribution in [3.63, 3.8) is 0 Å². The van der Waals surface area contributed by atoms with Gasteiger partial charge in [-0.05, 0) is 54.7 Å². The van der Waals surface area contributed by atoms with Crippen molar-refractivity contribution in [1.29, 1.82) is 0 Å². The number of rotatable bonds is 4. The van der Waals surface area contributed by atoms with Gasteiger partial charge in [0.05, 0.1) is 18.5 Å². The number of nitrogens with two attached hydrogens (primary N) is 1. The molecule has 4 bridgehead atoms. The van der Waals surface area contributed by atoms with Gasteiger partial charge in [-0.3, -0.25) is 14.5 Å². The summed E-state index contributed by atoms with van der Waals surface area (Å²) in [6.07, 6.45) is 8.21. The van der Waals surface area contributed by atoms with Crippen molar-refractivity contribution in [2.75, 3.05) is 6.79 Å². The number of likely N-dealkylation sites (tertiary alicyclic amines) is 1. The molecule has 6 heteroatoms. The van der Waals surface area contributed by atoms with Crippen LogP contribution in [0.2, 0.25) is 0 Å². The molecule has 6 aliphatic rings. The molecule has 28 heavy (non-hydrogen) atoms. The van der Waals surface area contributed by atoms with E-state index in [0.29, 0.717) is 18.7 Å². The molecule has 0 radical (unpaired) electrons. The topological polar surface area (TPSA) is 72.5 Å². The van der Waals surface area contributed by atoms with Crippen molar-refractivity contribution in [3.05, 3.63) is 23.8 Å². The number of nitrogens with zero attached hydrogens (tertiary/aromatic N) is 1. The number of fused-ring (bicyclic) bond motifs is 1. The minimum absolute atomic E-state index is 0.0154. The molecule has 1 saturated heterocycles. The van der Waals surface area contributed by atoms with Gasteiger partial charge in [-0.1, -0.05) is 6.07 Å². The first kappa shape index (κ1) is 16.8. The van der Waals surface area contributed by atoms with E-state index in [0.717, 1.165) is 29.1 Å². The molecule has 4 aliphatic carbocycles. The van der Waals surface area contributed by atoms with E-state index < -0.39 is 0 Å². The maximum absolute atomic E-state index is 13.1. The third kappa shape index (κ3) is 2.65. The van der Waals surface area contributed by atoms with Crippen molar-refractivity contribution in [1.82, 2.24) is 4.90 Å². The first-order valence-electron chi connectivity index (χ1n) is 10.7. The van der Waals surface area contributed by atoms with Crippen LogP contribution in [0, 0.1) is 17.8 Å². The van der Waals surface area contributed by atoms with E-state index in [4.69, 9.17) is 9.47 Å². The van der Waals surface area contributed by atoms with Gasteiger partial charge >= 0.3 is 0 Å². The summed E-state index contributed by atoms with van der Waals surface area (Å²) in [4.78, 5) is 27.2. The quantitative estimate of drug-likeness (QED) is 0.802. The molecule has 5 fully saturated rings. The van der Waals surface area contributed by atoms with Crippen LogP contribution in [0.15, 0.2) is 18.2 Å². The second-order valence-corrected chi connectivity index (χ2v) is 9.76. The third-order valence-electron chi connectivity index (χ3n) is 7.70. The molecular formula is C22H27N2O4+. The van der Waals surface area contributed by atoms with E-state index in [2.05, 4.69) is 5.32 Å². The molecule has 0 unspecified atom stereocenters. The Labute approximate surface area is 164 Å². The largest absolute Gasteiger partial charge is 0.454 e. The number of carbonyl (C=O) groups excluding carboxylic acids is 2. The lowest BCUT2D eigenvalue weighted by Crippen LogP contribution is -3.03. The van der Waals surface area contributed by atoms with E-state index in [-0.39, 0.29) is 30.2 Å². The van der Waals surface area contributed by atoms with Gasteiger partial charge in [0, 0.05) is 19.3 Å². The van der Waals surface area contributed by atoms with Gasteiger partial charge in [0.2, 0.25) is 12.7 Å². The van der Waals surface area contributed by atoms with Gasteiger partial charge < -0.3 is 14.8 Å². The maximum atomic E-state index is 13.1. The molecule has 4 saturated carbocycles. The third-order valence-corrected chi connectivity index (χ3v) is 7.70. The van der Waals surface area contributed by atoms with Gasteiger partial charge in [0.25, 0.3) is 5.91 Å². The van der Waals surface area contributed by atoms with E-state index in [1.165, 1.54) is 43.4 Å². The van der Waals surface area contributed by atoms with Crippen molar-refractivity contribution >= 4 is 11.8 Å². The molecule has 6 nitrogen and oxygen atoms in total. The van der Waals surface area contributed by atoms with Crippen LogP contribution >= 0.6 is 0 Å². The number of amides is 2. The molecule has 148 valence electrons. The lowest BCUT2D eigenvalue weighted by atomic mass is 9.53. The van der Waals surface area contributed by atoms with E-state index >= 15 is 0 Å². The number of hydrogen-bond acceptors (Lipinski definition) is 4. The van der Waals surface area contributed by atoms with Crippen molar-refractivity contribution in [3.8, 4) is 11.5 Å².